The molecule has 158 valence electrons. The lowest BCUT2D eigenvalue weighted by Gasteiger charge is -2.23. The summed E-state index contributed by atoms with van der Waals surface area (Å²) >= 11 is 0. The molecule has 1 aliphatic heterocycles. The molecule has 0 aliphatic carbocycles. The Balaban J connectivity index is 1.70. The molecule has 1 amide bonds. The van der Waals surface area contributed by atoms with Crippen molar-refractivity contribution >= 4 is 5.91 Å². The highest BCUT2D eigenvalue weighted by atomic mass is 16.5. The predicted octanol–water partition coefficient (Wildman–Crippen LogP) is 5.14. The van der Waals surface area contributed by atoms with Gasteiger partial charge in [-0.1, -0.05) is 57.6 Å². The zero-order valence-corrected chi connectivity index (χ0v) is 18.0. The minimum absolute atomic E-state index is 0.155. The molecule has 0 spiro atoms. The molecule has 2 N–H and O–H groups in total. The van der Waals surface area contributed by atoms with E-state index in [9.17, 15) is 4.79 Å². The Hall–Kier alpha value is -1.55. The number of ether oxygens (including phenoxy) is 1. The Kier molecular flexibility index (Phi) is 11.0. The second-order valence-corrected chi connectivity index (χ2v) is 8.13. The van der Waals surface area contributed by atoms with Crippen molar-refractivity contribution in [2.24, 2.45) is 0 Å². The highest BCUT2D eigenvalue weighted by Crippen LogP contribution is 2.23. The summed E-state index contributed by atoms with van der Waals surface area (Å²) in [7, 11) is 1.73. The van der Waals surface area contributed by atoms with Gasteiger partial charge in [-0.25, -0.2) is 0 Å². The second-order valence-electron chi connectivity index (χ2n) is 8.13. The first-order chi connectivity index (χ1) is 13.7. The van der Waals surface area contributed by atoms with E-state index < -0.39 is 0 Å². The molecule has 1 heterocycles. The van der Waals surface area contributed by atoms with Crippen molar-refractivity contribution in [3.05, 3.63) is 29.3 Å². The van der Waals surface area contributed by atoms with Crippen LogP contribution in [0.1, 0.15) is 88.7 Å². The third kappa shape index (κ3) is 8.64. The maximum absolute atomic E-state index is 12.1. The number of carbonyl (C=O) groups excluding carboxylic acids is 1. The average Bonchev–Trinajstić information content (AvgIpc) is 2.74. The topological polar surface area (TPSA) is 50.4 Å². The van der Waals surface area contributed by atoms with E-state index in [1.165, 1.54) is 50.5 Å². The minimum Gasteiger partial charge on any atom is -0.496 e. The number of benzene rings is 1. The van der Waals surface area contributed by atoms with Crippen molar-refractivity contribution in [2.45, 2.75) is 96.6 Å². The first-order valence-electron chi connectivity index (χ1n) is 11.4. The van der Waals surface area contributed by atoms with Gasteiger partial charge in [-0.2, -0.15) is 0 Å². The van der Waals surface area contributed by atoms with E-state index in [0.717, 1.165) is 43.5 Å². The number of unbranched alkanes of at least 4 members (excludes halogenated alkanes) is 5. The van der Waals surface area contributed by atoms with Gasteiger partial charge in [-0.05, 0) is 55.8 Å². The molecule has 0 radical (unpaired) electrons. The Morgan fingerprint density at radius 1 is 1.18 bits per heavy atom. The monoisotopic (exact) mass is 388 g/mol. The van der Waals surface area contributed by atoms with Crippen LogP contribution >= 0.6 is 0 Å². The third-order valence-electron chi connectivity index (χ3n) is 5.77. The zero-order chi connectivity index (χ0) is 20.0. The van der Waals surface area contributed by atoms with E-state index in [1.807, 2.05) is 0 Å². The summed E-state index contributed by atoms with van der Waals surface area (Å²) < 4.78 is 5.61. The van der Waals surface area contributed by atoms with Crippen LogP contribution in [0.3, 0.4) is 0 Å². The van der Waals surface area contributed by atoms with Crippen molar-refractivity contribution in [2.75, 3.05) is 13.7 Å². The Labute approximate surface area is 171 Å². The van der Waals surface area contributed by atoms with Crippen LogP contribution in [0.25, 0.3) is 0 Å². The molecular weight excluding hydrogens is 348 g/mol. The number of rotatable bonds is 13. The predicted molar refractivity (Wildman–Crippen MR) is 117 cm³/mol. The van der Waals surface area contributed by atoms with Crippen LogP contribution in [-0.2, 0) is 17.8 Å². The maximum atomic E-state index is 12.1. The van der Waals surface area contributed by atoms with Crippen molar-refractivity contribution < 1.29 is 9.53 Å². The van der Waals surface area contributed by atoms with E-state index in [-0.39, 0.29) is 5.91 Å². The van der Waals surface area contributed by atoms with Gasteiger partial charge in [0, 0.05) is 19.0 Å². The second kappa shape index (κ2) is 13.6. The first-order valence-corrected chi connectivity index (χ1v) is 11.4. The van der Waals surface area contributed by atoms with E-state index in [2.05, 4.69) is 35.8 Å². The smallest absolute Gasteiger partial charge is 0.220 e. The zero-order valence-electron chi connectivity index (χ0n) is 18.0. The molecule has 28 heavy (non-hydrogen) atoms. The summed E-state index contributed by atoms with van der Waals surface area (Å²) in [6, 6.07) is 7.00. The van der Waals surface area contributed by atoms with Crippen LogP contribution in [0.2, 0.25) is 0 Å². The summed E-state index contributed by atoms with van der Waals surface area (Å²) in [6.45, 7) is 3.96. The number of piperidine rings is 1. The van der Waals surface area contributed by atoms with E-state index in [1.54, 1.807) is 7.11 Å². The number of aryl methyl sites for hydroxylation is 1. The summed E-state index contributed by atoms with van der Waals surface area (Å²) in [6.07, 6.45) is 14.0. The summed E-state index contributed by atoms with van der Waals surface area (Å²) in [5, 5.41) is 6.66. The fourth-order valence-corrected chi connectivity index (χ4v) is 3.96. The van der Waals surface area contributed by atoms with Gasteiger partial charge >= 0.3 is 0 Å². The summed E-state index contributed by atoms with van der Waals surface area (Å²) in [5.41, 5.74) is 2.37. The molecule has 1 aliphatic rings. The minimum atomic E-state index is 0.155. The fourth-order valence-electron chi connectivity index (χ4n) is 3.96. The van der Waals surface area contributed by atoms with E-state index in [0.29, 0.717) is 19.0 Å². The molecule has 4 heteroatoms. The van der Waals surface area contributed by atoms with Crippen molar-refractivity contribution in [3.63, 3.8) is 0 Å². The molecule has 0 saturated carbocycles. The van der Waals surface area contributed by atoms with Crippen LogP contribution in [0.15, 0.2) is 18.2 Å². The van der Waals surface area contributed by atoms with Gasteiger partial charge < -0.3 is 15.4 Å². The van der Waals surface area contributed by atoms with Crippen molar-refractivity contribution in [3.8, 4) is 5.75 Å². The lowest BCUT2D eigenvalue weighted by molar-refractivity contribution is -0.121. The molecule has 1 atom stereocenters. The van der Waals surface area contributed by atoms with Gasteiger partial charge in [0.2, 0.25) is 5.91 Å². The summed E-state index contributed by atoms with van der Waals surface area (Å²) in [5.74, 6) is 1.10. The van der Waals surface area contributed by atoms with Gasteiger partial charge in [-0.15, -0.1) is 0 Å². The SMILES string of the molecule is CCCCCCCCC(=O)NCc1ccc(CCC2CCCCN2)c(OC)c1. The van der Waals surface area contributed by atoms with E-state index >= 15 is 0 Å². The maximum Gasteiger partial charge on any atom is 0.220 e. The van der Waals surface area contributed by atoms with Crippen molar-refractivity contribution in [1.29, 1.82) is 0 Å². The summed E-state index contributed by atoms with van der Waals surface area (Å²) in [4.78, 5) is 12.1. The van der Waals surface area contributed by atoms with Gasteiger partial charge in [0.15, 0.2) is 0 Å². The number of nitrogens with one attached hydrogen (secondary N) is 2. The number of hydrogen-bond acceptors (Lipinski definition) is 3. The number of carbonyl (C=O) groups is 1. The molecule has 1 aromatic rings. The van der Waals surface area contributed by atoms with Crippen molar-refractivity contribution in [1.82, 2.24) is 10.6 Å². The highest BCUT2D eigenvalue weighted by molar-refractivity contribution is 5.75. The lowest BCUT2D eigenvalue weighted by atomic mass is 9.97. The van der Waals surface area contributed by atoms with Crippen LogP contribution in [0.4, 0.5) is 0 Å². The lowest BCUT2D eigenvalue weighted by Crippen LogP contribution is -2.34. The van der Waals surface area contributed by atoms with Crippen LogP contribution < -0.4 is 15.4 Å². The van der Waals surface area contributed by atoms with Gasteiger partial charge in [0.05, 0.1) is 7.11 Å². The molecule has 2 rings (SSSR count). The molecule has 0 bridgehead atoms. The Morgan fingerprint density at radius 3 is 2.75 bits per heavy atom. The number of amides is 1. The van der Waals surface area contributed by atoms with Crippen LogP contribution in [0, 0.1) is 0 Å². The van der Waals surface area contributed by atoms with E-state index in [4.69, 9.17) is 4.74 Å². The Bertz CT molecular complexity index is 568. The average molecular weight is 389 g/mol. The molecule has 0 aromatic heterocycles. The third-order valence-corrected chi connectivity index (χ3v) is 5.77. The molecule has 1 saturated heterocycles. The molecule has 4 nitrogen and oxygen atoms in total. The van der Waals surface area contributed by atoms with Crippen LogP contribution in [-0.4, -0.2) is 25.6 Å². The first kappa shape index (κ1) is 22.7. The molecule has 1 aromatic carbocycles. The molecule has 1 unspecified atom stereocenters. The number of hydrogen-bond donors (Lipinski definition) is 2. The quantitative estimate of drug-likeness (QED) is 0.460. The highest BCUT2D eigenvalue weighted by Gasteiger charge is 2.14. The van der Waals surface area contributed by atoms with Crippen LogP contribution in [0.5, 0.6) is 5.75 Å². The largest absolute Gasteiger partial charge is 0.496 e. The number of methoxy groups -OCH3 is 1. The van der Waals surface area contributed by atoms with Gasteiger partial charge in [-0.3, -0.25) is 4.79 Å². The van der Waals surface area contributed by atoms with Gasteiger partial charge in [0.25, 0.3) is 0 Å². The standard InChI is InChI=1S/C24H40N2O2/c1-3-4-5-6-7-8-12-24(27)26-19-20-13-14-21(23(18-20)28-2)15-16-22-11-9-10-17-25-22/h13-14,18,22,25H,3-12,15-17,19H2,1-2H3,(H,26,27). The molecular formula is C24H40N2O2. The fraction of sp³-hybridized carbons (Fsp3) is 0.708. The normalized spacial score (nSPS) is 16.7. The molecule has 1 fully saturated rings. The Morgan fingerprint density at radius 2 is 2.00 bits per heavy atom. The van der Waals surface area contributed by atoms with Gasteiger partial charge in [0.1, 0.15) is 5.75 Å².